The Bertz CT molecular complexity index is 997. The van der Waals surface area contributed by atoms with Crippen LogP contribution >= 0.6 is 15.9 Å². The molecular formula is C18H18BrNO4S. The first kappa shape index (κ1) is 18.0. The number of rotatable bonds is 6. The number of ether oxygens (including phenoxy) is 1. The van der Waals surface area contributed by atoms with Gasteiger partial charge in [0.05, 0.1) is 17.5 Å². The predicted molar refractivity (Wildman–Crippen MR) is 100 cm³/mol. The van der Waals surface area contributed by atoms with Crippen LogP contribution in [0.4, 0.5) is 0 Å². The number of para-hydroxylation sites is 1. The summed E-state index contributed by atoms with van der Waals surface area (Å²) in [6.45, 7) is 4.17. The highest BCUT2D eigenvalue weighted by atomic mass is 79.9. The lowest BCUT2D eigenvalue weighted by Crippen LogP contribution is -2.26. The maximum atomic E-state index is 12.6. The van der Waals surface area contributed by atoms with Crippen LogP contribution in [0.3, 0.4) is 0 Å². The van der Waals surface area contributed by atoms with E-state index >= 15 is 0 Å². The van der Waals surface area contributed by atoms with Crippen molar-refractivity contribution in [1.29, 1.82) is 0 Å². The molecule has 0 bridgehead atoms. The van der Waals surface area contributed by atoms with Crippen molar-refractivity contribution < 1.29 is 17.6 Å². The van der Waals surface area contributed by atoms with E-state index in [0.29, 0.717) is 28.2 Å². The zero-order valence-electron chi connectivity index (χ0n) is 13.8. The molecule has 0 radical (unpaired) electrons. The van der Waals surface area contributed by atoms with Gasteiger partial charge in [0.25, 0.3) is 0 Å². The average Bonchev–Trinajstić information content (AvgIpc) is 3.00. The van der Waals surface area contributed by atoms with E-state index in [2.05, 4.69) is 20.7 Å². The van der Waals surface area contributed by atoms with Crippen molar-refractivity contribution in [3.8, 4) is 5.75 Å². The number of fused-ring (bicyclic) bond motifs is 1. The predicted octanol–water partition coefficient (Wildman–Crippen LogP) is 4.63. The van der Waals surface area contributed by atoms with Crippen LogP contribution in [0, 0.1) is 0 Å². The molecule has 0 unspecified atom stereocenters. The van der Waals surface area contributed by atoms with Gasteiger partial charge in [-0.25, -0.2) is 13.1 Å². The number of nitrogens with one attached hydrogen (secondary N) is 1. The smallest absolute Gasteiger partial charge is 0.242 e. The van der Waals surface area contributed by atoms with Crippen molar-refractivity contribution >= 4 is 36.9 Å². The van der Waals surface area contributed by atoms with Crippen LogP contribution in [0.15, 0.2) is 62.3 Å². The highest BCUT2D eigenvalue weighted by Crippen LogP contribution is 2.32. The Labute approximate surface area is 155 Å². The Hall–Kier alpha value is -1.83. The summed E-state index contributed by atoms with van der Waals surface area (Å²) in [5.41, 5.74) is 0.617. The quantitative estimate of drug-likeness (QED) is 0.627. The Kier molecular flexibility index (Phi) is 5.17. The summed E-state index contributed by atoms with van der Waals surface area (Å²) in [6, 6.07) is 13.6. The molecule has 25 heavy (non-hydrogen) atoms. The highest BCUT2D eigenvalue weighted by molar-refractivity contribution is 9.10. The zero-order valence-corrected chi connectivity index (χ0v) is 16.2. The van der Waals surface area contributed by atoms with Crippen LogP contribution < -0.4 is 9.46 Å². The fourth-order valence-corrected chi connectivity index (χ4v) is 4.77. The molecule has 7 heteroatoms. The second kappa shape index (κ2) is 7.19. The van der Waals surface area contributed by atoms with Gasteiger partial charge >= 0.3 is 0 Å². The van der Waals surface area contributed by atoms with Crippen LogP contribution in [0.1, 0.15) is 25.6 Å². The van der Waals surface area contributed by atoms with Crippen molar-refractivity contribution in [3.05, 3.63) is 58.8 Å². The summed E-state index contributed by atoms with van der Waals surface area (Å²) in [4.78, 5) is 0.188. The molecule has 1 N–H and O–H groups in total. The van der Waals surface area contributed by atoms with E-state index in [-0.39, 0.29) is 4.90 Å². The number of hydrogen-bond acceptors (Lipinski definition) is 4. The van der Waals surface area contributed by atoms with E-state index in [1.807, 2.05) is 31.2 Å². The summed E-state index contributed by atoms with van der Waals surface area (Å²) < 4.78 is 39.8. The fraction of sp³-hybridized carbons (Fsp3) is 0.222. The molecule has 0 fully saturated rings. The molecule has 0 aliphatic heterocycles. The molecular weight excluding hydrogens is 406 g/mol. The van der Waals surface area contributed by atoms with Gasteiger partial charge in [-0.3, -0.25) is 0 Å². The van der Waals surface area contributed by atoms with E-state index < -0.39 is 16.1 Å². The normalized spacial score (nSPS) is 13.1. The van der Waals surface area contributed by atoms with Crippen LogP contribution in [0.5, 0.6) is 5.75 Å². The molecule has 3 rings (SSSR count). The topological polar surface area (TPSA) is 68.5 Å². The standard InChI is InChI=1S/C18H18BrNO4S/c1-3-23-15-9-6-7-13-11-16(24-18(13)15)12(2)20-25(21,22)17-10-5-4-8-14(17)19/h4-12,20H,3H2,1-2H3/t12-/m1/s1. The third-order valence-electron chi connectivity index (χ3n) is 3.71. The third kappa shape index (κ3) is 3.73. The second-order valence-electron chi connectivity index (χ2n) is 5.53. The van der Waals surface area contributed by atoms with E-state index in [0.717, 1.165) is 5.39 Å². The molecule has 2 aromatic carbocycles. The number of furan rings is 1. The number of benzene rings is 2. The van der Waals surface area contributed by atoms with Crippen LogP contribution in [0.25, 0.3) is 11.0 Å². The molecule has 0 aliphatic carbocycles. The molecule has 3 aromatic rings. The first-order valence-electron chi connectivity index (χ1n) is 7.84. The monoisotopic (exact) mass is 423 g/mol. The molecule has 0 amide bonds. The summed E-state index contributed by atoms with van der Waals surface area (Å²) in [5, 5.41) is 0.868. The molecule has 0 saturated carbocycles. The Morgan fingerprint density at radius 3 is 2.68 bits per heavy atom. The lowest BCUT2D eigenvalue weighted by atomic mass is 10.2. The first-order valence-corrected chi connectivity index (χ1v) is 10.1. The minimum Gasteiger partial charge on any atom is -0.490 e. The Morgan fingerprint density at radius 2 is 1.96 bits per heavy atom. The van der Waals surface area contributed by atoms with Crippen LogP contribution in [0.2, 0.25) is 0 Å². The van der Waals surface area contributed by atoms with Crippen LogP contribution in [-0.2, 0) is 10.0 Å². The van der Waals surface area contributed by atoms with Gasteiger partial charge in [0, 0.05) is 9.86 Å². The summed E-state index contributed by atoms with van der Waals surface area (Å²) in [7, 11) is -3.68. The van der Waals surface area contributed by atoms with Gasteiger partial charge in [-0.05, 0) is 54.0 Å². The molecule has 5 nitrogen and oxygen atoms in total. The van der Waals surface area contributed by atoms with Crippen molar-refractivity contribution in [1.82, 2.24) is 4.72 Å². The molecule has 0 aliphatic rings. The third-order valence-corrected chi connectivity index (χ3v) is 6.26. The van der Waals surface area contributed by atoms with Gasteiger partial charge in [0.1, 0.15) is 5.76 Å². The molecule has 0 saturated heterocycles. The van der Waals surface area contributed by atoms with Crippen molar-refractivity contribution in [2.45, 2.75) is 24.8 Å². The van der Waals surface area contributed by atoms with Gasteiger partial charge in [-0.15, -0.1) is 0 Å². The van der Waals surface area contributed by atoms with Crippen molar-refractivity contribution in [2.75, 3.05) is 6.61 Å². The van der Waals surface area contributed by atoms with Gasteiger partial charge in [-0.2, -0.15) is 0 Å². The SMILES string of the molecule is CCOc1cccc2cc([C@@H](C)NS(=O)(=O)c3ccccc3Br)oc12. The maximum Gasteiger partial charge on any atom is 0.242 e. The Balaban J connectivity index is 1.91. The summed E-state index contributed by atoms with van der Waals surface area (Å²) in [5.74, 6) is 1.17. The maximum absolute atomic E-state index is 12.6. The molecule has 1 atom stereocenters. The number of sulfonamides is 1. The van der Waals surface area contributed by atoms with Gasteiger partial charge in [0.2, 0.25) is 10.0 Å². The minimum absolute atomic E-state index is 0.188. The van der Waals surface area contributed by atoms with E-state index in [9.17, 15) is 8.42 Å². The molecule has 1 aromatic heterocycles. The molecule has 132 valence electrons. The number of hydrogen-bond donors (Lipinski definition) is 1. The van der Waals surface area contributed by atoms with E-state index in [1.54, 1.807) is 31.2 Å². The van der Waals surface area contributed by atoms with Gasteiger partial charge in [0.15, 0.2) is 11.3 Å². The second-order valence-corrected chi connectivity index (χ2v) is 8.07. The highest BCUT2D eigenvalue weighted by Gasteiger charge is 2.23. The summed E-state index contributed by atoms with van der Waals surface area (Å²) in [6.07, 6.45) is 0. The minimum atomic E-state index is -3.68. The van der Waals surface area contributed by atoms with E-state index in [4.69, 9.17) is 9.15 Å². The molecule has 0 spiro atoms. The average molecular weight is 424 g/mol. The van der Waals surface area contributed by atoms with Gasteiger partial charge < -0.3 is 9.15 Å². The van der Waals surface area contributed by atoms with Crippen molar-refractivity contribution in [3.63, 3.8) is 0 Å². The first-order chi connectivity index (χ1) is 11.9. The van der Waals surface area contributed by atoms with Crippen LogP contribution in [-0.4, -0.2) is 15.0 Å². The lowest BCUT2D eigenvalue weighted by Gasteiger charge is -2.13. The number of halogens is 1. The van der Waals surface area contributed by atoms with Gasteiger partial charge in [-0.1, -0.05) is 24.3 Å². The summed E-state index contributed by atoms with van der Waals surface area (Å²) >= 11 is 3.27. The van der Waals surface area contributed by atoms with E-state index in [1.165, 1.54) is 0 Å². The Morgan fingerprint density at radius 1 is 1.20 bits per heavy atom. The fourth-order valence-electron chi connectivity index (χ4n) is 2.56. The zero-order chi connectivity index (χ0) is 18.0. The largest absolute Gasteiger partial charge is 0.490 e. The lowest BCUT2D eigenvalue weighted by molar-refractivity contribution is 0.336. The molecule has 1 heterocycles. The van der Waals surface area contributed by atoms with Crippen molar-refractivity contribution in [2.24, 2.45) is 0 Å².